The van der Waals surface area contributed by atoms with E-state index in [-0.39, 0.29) is 5.57 Å². The summed E-state index contributed by atoms with van der Waals surface area (Å²) in [6.45, 7) is 0.731. The standard InChI is InChI=1S/C13H11F5N2O/c1-7-6-20(10-5-8(14)3-4-9(10)15)12(21)19(2)11(7)13(16,17)18/h3-5H,6H2,1-2H3. The van der Waals surface area contributed by atoms with Crippen molar-refractivity contribution in [2.75, 3.05) is 18.5 Å². The summed E-state index contributed by atoms with van der Waals surface area (Å²) >= 11 is 0. The topological polar surface area (TPSA) is 23.6 Å². The highest BCUT2D eigenvalue weighted by Gasteiger charge is 2.44. The monoisotopic (exact) mass is 306 g/mol. The number of halogens is 5. The fraction of sp³-hybridized carbons (Fsp3) is 0.308. The maximum absolute atomic E-state index is 13.7. The van der Waals surface area contributed by atoms with Gasteiger partial charge in [-0.3, -0.25) is 9.80 Å². The van der Waals surface area contributed by atoms with E-state index < -0.39 is 41.8 Å². The maximum Gasteiger partial charge on any atom is 0.431 e. The number of carbonyl (C=O) groups excluding carboxylic acids is 1. The summed E-state index contributed by atoms with van der Waals surface area (Å²) in [7, 11) is 0.942. The fourth-order valence-corrected chi connectivity index (χ4v) is 2.26. The summed E-state index contributed by atoms with van der Waals surface area (Å²) in [6, 6.07) is 1.38. The van der Waals surface area contributed by atoms with Crippen molar-refractivity contribution in [2.45, 2.75) is 13.1 Å². The Morgan fingerprint density at radius 3 is 2.38 bits per heavy atom. The van der Waals surface area contributed by atoms with Gasteiger partial charge >= 0.3 is 12.2 Å². The van der Waals surface area contributed by atoms with Gasteiger partial charge in [-0.2, -0.15) is 13.2 Å². The molecule has 1 aliphatic heterocycles. The molecule has 1 aromatic rings. The molecule has 2 rings (SSSR count). The van der Waals surface area contributed by atoms with Crippen molar-refractivity contribution in [1.29, 1.82) is 0 Å². The van der Waals surface area contributed by atoms with Crippen molar-refractivity contribution < 1.29 is 26.7 Å². The first-order valence-electron chi connectivity index (χ1n) is 5.90. The van der Waals surface area contributed by atoms with E-state index in [9.17, 15) is 26.7 Å². The molecule has 0 saturated heterocycles. The van der Waals surface area contributed by atoms with Crippen molar-refractivity contribution in [1.82, 2.24) is 4.90 Å². The van der Waals surface area contributed by atoms with Gasteiger partial charge in [0.25, 0.3) is 0 Å². The Hall–Kier alpha value is -2.12. The van der Waals surface area contributed by atoms with Crippen LogP contribution in [-0.4, -0.2) is 30.7 Å². The summed E-state index contributed by atoms with van der Waals surface area (Å²) in [4.78, 5) is 13.2. The second-order valence-electron chi connectivity index (χ2n) is 4.65. The van der Waals surface area contributed by atoms with Crippen LogP contribution in [-0.2, 0) is 0 Å². The Bertz CT molecular complexity index is 623. The van der Waals surface area contributed by atoms with Gasteiger partial charge in [0.2, 0.25) is 0 Å². The lowest BCUT2D eigenvalue weighted by molar-refractivity contribution is -0.107. The highest BCUT2D eigenvalue weighted by atomic mass is 19.4. The van der Waals surface area contributed by atoms with Gasteiger partial charge in [0.1, 0.15) is 17.3 Å². The van der Waals surface area contributed by atoms with Crippen LogP contribution in [0, 0.1) is 11.6 Å². The Balaban J connectivity index is 2.49. The quantitative estimate of drug-likeness (QED) is 0.726. The van der Waals surface area contributed by atoms with E-state index in [4.69, 9.17) is 0 Å². The van der Waals surface area contributed by atoms with Gasteiger partial charge in [-0.15, -0.1) is 0 Å². The van der Waals surface area contributed by atoms with Crippen molar-refractivity contribution in [3.63, 3.8) is 0 Å². The molecule has 0 unspecified atom stereocenters. The predicted octanol–water partition coefficient (Wildman–Crippen LogP) is 3.67. The minimum atomic E-state index is -4.69. The van der Waals surface area contributed by atoms with E-state index in [1.165, 1.54) is 6.92 Å². The largest absolute Gasteiger partial charge is 0.431 e. The first kappa shape index (κ1) is 15.3. The summed E-state index contributed by atoms with van der Waals surface area (Å²) in [5.41, 5.74) is -1.64. The Morgan fingerprint density at radius 1 is 1.19 bits per heavy atom. The van der Waals surface area contributed by atoms with Crippen molar-refractivity contribution in [3.05, 3.63) is 41.1 Å². The van der Waals surface area contributed by atoms with Crippen LogP contribution in [0.2, 0.25) is 0 Å². The third-order valence-corrected chi connectivity index (χ3v) is 3.12. The lowest BCUT2D eigenvalue weighted by Crippen LogP contribution is -2.49. The van der Waals surface area contributed by atoms with Gasteiger partial charge in [-0.1, -0.05) is 0 Å². The molecule has 1 aliphatic rings. The molecule has 114 valence electrons. The number of allylic oxidation sites excluding steroid dienone is 1. The number of benzene rings is 1. The molecular formula is C13H11F5N2O. The lowest BCUT2D eigenvalue weighted by Gasteiger charge is -2.36. The lowest BCUT2D eigenvalue weighted by atomic mass is 10.1. The average molecular weight is 306 g/mol. The molecule has 0 radical (unpaired) electrons. The second-order valence-corrected chi connectivity index (χ2v) is 4.65. The molecule has 1 heterocycles. The average Bonchev–Trinajstić information content (AvgIpc) is 2.35. The van der Waals surface area contributed by atoms with E-state index in [1.54, 1.807) is 0 Å². The summed E-state index contributed by atoms with van der Waals surface area (Å²) in [5.74, 6) is -1.67. The second kappa shape index (κ2) is 5.01. The molecule has 0 fully saturated rings. The van der Waals surface area contributed by atoms with Crippen molar-refractivity contribution in [2.24, 2.45) is 0 Å². The molecule has 0 saturated carbocycles. The molecule has 0 spiro atoms. The van der Waals surface area contributed by atoms with Crippen LogP contribution in [0.3, 0.4) is 0 Å². The highest BCUT2D eigenvalue weighted by molar-refractivity contribution is 5.95. The maximum atomic E-state index is 13.7. The molecule has 2 amide bonds. The summed E-state index contributed by atoms with van der Waals surface area (Å²) < 4.78 is 65.5. The van der Waals surface area contributed by atoms with E-state index in [2.05, 4.69) is 0 Å². The van der Waals surface area contributed by atoms with Crippen LogP contribution in [0.1, 0.15) is 6.92 Å². The van der Waals surface area contributed by atoms with Crippen LogP contribution in [0.4, 0.5) is 32.4 Å². The van der Waals surface area contributed by atoms with Crippen LogP contribution in [0.25, 0.3) is 0 Å². The molecule has 1 aromatic carbocycles. The third kappa shape index (κ3) is 2.70. The first-order chi connectivity index (χ1) is 9.62. The molecule has 3 nitrogen and oxygen atoms in total. The molecule has 21 heavy (non-hydrogen) atoms. The van der Waals surface area contributed by atoms with E-state index in [0.29, 0.717) is 4.90 Å². The van der Waals surface area contributed by atoms with Gasteiger partial charge < -0.3 is 0 Å². The van der Waals surface area contributed by atoms with Crippen molar-refractivity contribution >= 4 is 11.7 Å². The van der Waals surface area contributed by atoms with Gasteiger partial charge in [-0.25, -0.2) is 13.6 Å². The molecule has 8 heteroatoms. The van der Waals surface area contributed by atoms with Crippen LogP contribution in [0.5, 0.6) is 0 Å². The van der Waals surface area contributed by atoms with E-state index in [0.717, 1.165) is 30.1 Å². The number of urea groups is 1. The number of hydrogen-bond donors (Lipinski definition) is 0. The van der Waals surface area contributed by atoms with Gasteiger partial charge in [0, 0.05) is 13.1 Å². The Kier molecular flexibility index (Phi) is 3.65. The SMILES string of the molecule is CC1=C(C(F)(F)F)N(C)C(=O)N(c2cc(F)ccc2F)C1. The molecule has 0 aliphatic carbocycles. The normalized spacial score (nSPS) is 16.8. The molecular weight excluding hydrogens is 295 g/mol. The number of amides is 2. The van der Waals surface area contributed by atoms with Gasteiger partial charge in [0.05, 0.1) is 12.2 Å². The number of anilines is 1. The minimum absolute atomic E-state index is 0.159. The fourth-order valence-electron chi connectivity index (χ4n) is 2.26. The van der Waals surface area contributed by atoms with Crippen LogP contribution >= 0.6 is 0 Å². The zero-order valence-corrected chi connectivity index (χ0v) is 11.1. The van der Waals surface area contributed by atoms with Gasteiger partial charge in [0.15, 0.2) is 0 Å². The molecule has 0 aromatic heterocycles. The number of hydrogen-bond acceptors (Lipinski definition) is 1. The zero-order chi connectivity index (χ0) is 15.9. The summed E-state index contributed by atoms with van der Waals surface area (Å²) in [6.07, 6.45) is -4.69. The third-order valence-electron chi connectivity index (χ3n) is 3.12. The van der Waals surface area contributed by atoms with Crippen LogP contribution in [0.15, 0.2) is 29.5 Å². The summed E-state index contributed by atoms with van der Waals surface area (Å²) in [5, 5.41) is 0. The van der Waals surface area contributed by atoms with Crippen LogP contribution < -0.4 is 4.90 Å². The van der Waals surface area contributed by atoms with Crippen molar-refractivity contribution in [3.8, 4) is 0 Å². The van der Waals surface area contributed by atoms with E-state index in [1.807, 2.05) is 0 Å². The molecule has 0 bridgehead atoms. The highest BCUT2D eigenvalue weighted by Crippen LogP contribution is 2.35. The number of alkyl halides is 3. The number of carbonyl (C=O) groups is 1. The molecule has 0 atom stereocenters. The minimum Gasteiger partial charge on any atom is -0.292 e. The van der Waals surface area contributed by atoms with Gasteiger partial charge in [-0.05, 0) is 24.6 Å². The first-order valence-corrected chi connectivity index (χ1v) is 5.90. The smallest absolute Gasteiger partial charge is 0.292 e. The number of nitrogens with zero attached hydrogens (tertiary/aromatic N) is 2. The predicted molar refractivity (Wildman–Crippen MR) is 65.6 cm³/mol. The molecule has 0 N–H and O–H groups in total. The zero-order valence-electron chi connectivity index (χ0n) is 11.1. The Morgan fingerprint density at radius 2 is 1.81 bits per heavy atom. The van der Waals surface area contributed by atoms with E-state index >= 15 is 0 Å². The Labute approximate surface area is 117 Å². The number of rotatable bonds is 1.